The SMILES string of the molecule is O=C(NCc1cnc(Br)cn1)OCc1ccccc1. The third-order valence-electron chi connectivity index (χ3n) is 2.30. The van der Waals surface area contributed by atoms with Crippen LogP contribution < -0.4 is 5.32 Å². The molecular formula is C13H12BrN3O2. The lowest BCUT2D eigenvalue weighted by Crippen LogP contribution is -2.24. The van der Waals surface area contributed by atoms with E-state index in [1.54, 1.807) is 12.4 Å². The van der Waals surface area contributed by atoms with Crippen molar-refractivity contribution in [2.24, 2.45) is 0 Å². The quantitative estimate of drug-likeness (QED) is 0.940. The molecule has 0 atom stereocenters. The second-order valence-corrected chi connectivity index (χ2v) is 4.56. The molecule has 2 aromatic rings. The fraction of sp³-hybridized carbons (Fsp3) is 0.154. The van der Waals surface area contributed by atoms with E-state index in [0.29, 0.717) is 10.3 Å². The second-order valence-electron chi connectivity index (χ2n) is 3.75. The van der Waals surface area contributed by atoms with Crippen LogP contribution in [0.25, 0.3) is 0 Å². The highest BCUT2D eigenvalue weighted by molar-refractivity contribution is 9.10. The topological polar surface area (TPSA) is 64.1 Å². The molecule has 0 bridgehead atoms. The average molecular weight is 322 g/mol. The first-order valence-electron chi connectivity index (χ1n) is 5.65. The van der Waals surface area contributed by atoms with Gasteiger partial charge in [0.05, 0.1) is 24.6 Å². The molecule has 0 unspecified atom stereocenters. The minimum Gasteiger partial charge on any atom is -0.445 e. The van der Waals surface area contributed by atoms with Crippen molar-refractivity contribution in [2.45, 2.75) is 13.2 Å². The highest BCUT2D eigenvalue weighted by atomic mass is 79.9. The number of alkyl carbamates (subject to hydrolysis) is 1. The van der Waals surface area contributed by atoms with Gasteiger partial charge in [-0.3, -0.25) is 4.98 Å². The number of rotatable bonds is 4. The summed E-state index contributed by atoms with van der Waals surface area (Å²) in [6.45, 7) is 0.534. The van der Waals surface area contributed by atoms with E-state index in [1.165, 1.54) is 0 Å². The lowest BCUT2D eigenvalue weighted by Gasteiger charge is -2.06. The molecular weight excluding hydrogens is 310 g/mol. The fourth-order valence-electron chi connectivity index (χ4n) is 1.37. The molecule has 1 aromatic carbocycles. The van der Waals surface area contributed by atoms with Gasteiger partial charge in [-0.1, -0.05) is 30.3 Å². The van der Waals surface area contributed by atoms with Crippen molar-refractivity contribution in [3.63, 3.8) is 0 Å². The summed E-state index contributed by atoms with van der Waals surface area (Å²) < 4.78 is 5.72. The molecule has 1 amide bonds. The van der Waals surface area contributed by atoms with Crippen LogP contribution in [0.3, 0.4) is 0 Å². The predicted octanol–water partition coefficient (Wildman–Crippen LogP) is 2.67. The van der Waals surface area contributed by atoms with E-state index in [0.717, 1.165) is 5.56 Å². The first-order chi connectivity index (χ1) is 9.24. The highest BCUT2D eigenvalue weighted by Gasteiger charge is 2.03. The molecule has 1 N–H and O–H groups in total. The van der Waals surface area contributed by atoms with E-state index < -0.39 is 6.09 Å². The lowest BCUT2D eigenvalue weighted by atomic mass is 10.2. The van der Waals surface area contributed by atoms with Crippen LogP contribution in [0.2, 0.25) is 0 Å². The number of carbonyl (C=O) groups excluding carboxylic acids is 1. The molecule has 6 heteroatoms. The van der Waals surface area contributed by atoms with Gasteiger partial charge in [0.1, 0.15) is 11.2 Å². The molecule has 0 saturated carbocycles. The summed E-state index contributed by atoms with van der Waals surface area (Å²) in [5, 5.41) is 2.61. The number of hydrogen-bond acceptors (Lipinski definition) is 4. The number of nitrogens with zero attached hydrogens (tertiary/aromatic N) is 2. The Morgan fingerprint density at radius 1 is 1.21 bits per heavy atom. The molecule has 1 aromatic heterocycles. The number of halogens is 1. The number of carbonyl (C=O) groups is 1. The van der Waals surface area contributed by atoms with Crippen molar-refractivity contribution in [3.05, 3.63) is 58.6 Å². The number of amides is 1. The molecule has 0 aliphatic carbocycles. The van der Waals surface area contributed by atoms with Crippen molar-refractivity contribution in [1.29, 1.82) is 0 Å². The van der Waals surface area contributed by atoms with Gasteiger partial charge >= 0.3 is 6.09 Å². The summed E-state index contributed by atoms with van der Waals surface area (Å²) in [6.07, 6.45) is 2.68. The number of nitrogens with one attached hydrogen (secondary N) is 1. The molecule has 2 rings (SSSR count). The number of hydrogen-bond donors (Lipinski definition) is 1. The van der Waals surface area contributed by atoms with Crippen molar-refractivity contribution >= 4 is 22.0 Å². The van der Waals surface area contributed by atoms with E-state index >= 15 is 0 Å². The standard InChI is InChI=1S/C13H12BrN3O2/c14-12-8-15-11(6-16-12)7-17-13(18)19-9-10-4-2-1-3-5-10/h1-6,8H,7,9H2,(H,17,18). The van der Waals surface area contributed by atoms with Crippen LogP contribution in [0.1, 0.15) is 11.3 Å². The number of benzene rings is 1. The number of aromatic nitrogens is 2. The summed E-state index contributed by atoms with van der Waals surface area (Å²) in [4.78, 5) is 19.6. The van der Waals surface area contributed by atoms with Gasteiger partial charge in [0, 0.05) is 0 Å². The van der Waals surface area contributed by atoms with Gasteiger partial charge in [-0.2, -0.15) is 0 Å². The van der Waals surface area contributed by atoms with E-state index in [1.807, 2.05) is 30.3 Å². The Hall–Kier alpha value is -1.95. The average Bonchev–Trinajstić information content (AvgIpc) is 2.45. The first kappa shape index (κ1) is 13.5. The van der Waals surface area contributed by atoms with Gasteiger partial charge in [0.15, 0.2) is 0 Å². The van der Waals surface area contributed by atoms with E-state index in [9.17, 15) is 4.79 Å². The highest BCUT2D eigenvalue weighted by Crippen LogP contribution is 2.03. The summed E-state index contributed by atoms with van der Waals surface area (Å²) in [5.41, 5.74) is 1.61. The molecule has 0 aliphatic heterocycles. The van der Waals surface area contributed by atoms with Gasteiger partial charge in [-0.25, -0.2) is 9.78 Å². The second kappa shape index (κ2) is 6.84. The van der Waals surface area contributed by atoms with Crippen molar-refractivity contribution < 1.29 is 9.53 Å². The molecule has 19 heavy (non-hydrogen) atoms. The van der Waals surface area contributed by atoms with Crippen LogP contribution in [-0.4, -0.2) is 16.1 Å². The van der Waals surface area contributed by atoms with Crippen molar-refractivity contribution in [3.8, 4) is 0 Å². The Morgan fingerprint density at radius 2 is 2.00 bits per heavy atom. The lowest BCUT2D eigenvalue weighted by molar-refractivity contribution is 0.139. The molecule has 0 radical (unpaired) electrons. The van der Waals surface area contributed by atoms with Crippen LogP contribution >= 0.6 is 15.9 Å². The largest absolute Gasteiger partial charge is 0.445 e. The summed E-state index contributed by atoms with van der Waals surface area (Å²) in [6, 6.07) is 9.50. The van der Waals surface area contributed by atoms with Crippen LogP contribution in [0, 0.1) is 0 Å². The van der Waals surface area contributed by atoms with Crippen molar-refractivity contribution in [1.82, 2.24) is 15.3 Å². The van der Waals surface area contributed by atoms with Crippen LogP contribution in [0.15, 0.2) is 47.3 Å². The Bertz CT molecular complexity index is 531. The smallest absolute Gasteiger partial charge is 0.407 e. The summed E-state index contributed by atoms with van der Waals surface area (Å²) in [7, 11) is 0. The van der Waals surface area contributed by atoms with Crippen LogP contribution in [-0.2, 0) is 17.9 Å². The molecule has 0 aliphatic rings. The van der Waals surface area contributed by atoms with Gasteiger partial charge < -0.3 is 10.1 Å². The third-order valence-corrected chi connectivity index (χ3v) is 2.71. The van der Waals surface area contributed by atoms with Crippen LogP contribution in [0.4, 0.5) is 4.79 Å². The maximum atomic E-state index is 11.5. The number of ether oxygens (including phenoxy) is 1. The molecule has 1 heterocycles. The maximum absolute atomic E-state index is 11.5. The molecule has 0 spiro atoms. The first-order valence-corrected chi connectivity index (χ1v) is 6.44. The zero-order valence-electron chi connectivity index (χ0n) is 10.0. The Balaban J connectivity index is 1.74. The van der Waals surface area contributed by atoms with Gasteiger partial charge in [0.25, 0.3) is 0 Å². The molecule has 98 valence electrons. The zero-order chi connectivity index (χ0) is 13.5. The van der Waals surface area contributed by atoms with E-state index in [-0.39, 0.29) is 13.2 Å². The summed E-state index contributed by atoms with van der Waals surface area (Å²) in [5.74, 6) is 0. The van der Waals surface area contributed by atoms with Gasteiger partial charge in [-0.05, 0) is 21.5 Å². The molecule has 5 nitrogen and oxygen atoms in total. The third kappa shape index (κ3) is 4.67. The van der Waals surface area contributed by atoms with Crippen molar-refractivity contribution in [2.75, 3.05) is 0 Å². The van der Waals surface area contributed by atoms with E-state index in [4.69, 9.17) is 4.74 Å². The van der Waals surface area contributed by atoms with Gasteiger partial charge in [-0.15, -0.1) is 0 Å². The minimum absolute atomic E-state index is 0.249. The zero-order valence-corrected chi connectivity index (χ0v) is 11.6. The Labute approximate surface area is 119 Å². The predicted molar refractivity (Wildman–Crippen MR) is 73.2 cm³/mol. The molecule has 0 fully saturated rings. The Kier molecular flexibility index (Phi) is 4.85. The van der Waals surface area contributed by atoms with Crippen LogP contribution in [0.5, 0.6) is 0 Å². The monoisotopic (exact) mass is 321 g/mol. The van der Waals surface area contributed by atoms with E-state index in [2.05, 4.69) is 31.2 Å². The normalized spacial score (nSPS) is 9.95. The minimum atomic E-state index is -0.478. The Morgan fingerprint density at radius 3 is 2.68 bits per heavy atom. The van der Waals surface area contributed by atoms with Gasteiger partial charge in [0.2, 0.25) is 0 Å². The maximum Gasteiger partial charge on any atom is 0.407 e. The molecule has 0 saturated heterocycles. The fourth-order valence-corrected chi connectivity index (χ4v) is 1.57. The summed E-state index contributed by atoms with van der Waals surface area (Å²) >= 11 is 3.19.